The number of carbonyl (C=O) groups excluding carboxylic acids is 1. The van der Waals surface area contributed by atoms with Crippen LogP contribution in [0.2, 0.25) is 0 Å². The van der Waals surface area contributed by atoms with Crippen LogP contribution in [0.25, 0.3) is 0 Å². The highest BCUT2D eigenvalue weighted by Gasteiger charge is 2.19. The first-order chi connectivity index (χ1) is 9.27. The summed E-state index contributed by atoms with van der Waals surface area (Å²) in [6.07, 6.45) is 0.227. The van der Waals surface area contributed by atoms with Crippen molar-refractivity contribution in [1.29, 1.82) is 0 Å². The van der Waals surface area contributed by atoms with Gasteiger partial charge in [-0.25, -0.2) is 9.37 Å². The van der Waals surface area contributed by atoms with Gasteiger partial charge in [0.15, 0.2) is 5.78 Å². The first kappa shape index (κ1) is 14.9. The lowest BCUT2D eigenvalue weighted by Crippen LogP contribution is -2.12. The molecule has 0 aliphatic heterocycles. The molecule has 0 atom stereocenters. The van der Waals surface area contributed by atoms with Crippen molar-refractivity contribution >= 4 is 17.1 Å². The van der Waals surface area contributed by atoms with Crippen LogP contribution >= 0.6 is 11.3 Å². The monoisotopic (exact) mass is 291 g/mol. The standard InChI is InChI=1S/C16H18FNOS/c1-10-5-6-11(17)7-12(10)13(19)8-15-18-14(9-20-15)16(2,3)4/h5-7,9H,8H2,1-4H3. The maximum Gasteiger partial charge on any atom is 0.170 e. The van der Waals surface area contributed by atoms with Crippen molar-refractivity contribution in [2.75, 3.05) is 0 Å². The Morgan fingerprint density at radius 2 is 2.05 bits per heavy atom. The van der Waals surface area contributed by atoms with Crippen molar-refractivity contribution in [3.8, 4) is 0 Å². The molecule has 0 spiro atoms. The number of halogens is 1. The fraction of sp³-hybridized carbons (Fsp3) is 0.375. The van der Waals surface area contributed by atoms with E-state index in [2.05, 4.69) is 25.8 Å². The first-order valence-electron chi connectivity index (χ1n) is 6.51. The van der Waals surface area contributed by atoms with E-state index in [9.17, 15) is 9.18 Å². The number of Topliss-reactive ketones (excluding diaryl/α,β-unsaturated/α-hetero) is 1. The van der Waals surface area contributed by atoms with E-state index < -0.39 is 0 Å². The topological polar surface area (TPSA) is 30.0 Å². The van der Waals surface area contributed by atoms with Crippen LogP contribution in [0.1, 0.15) is 47.4 Å². The zero-order valence-corrected chi connectivity index (χ0v) is 13.0. The van der Waals surface area contributed by atoms with Crippen molar-refractivity contribution in [3.63, 3.8) is 0 Å². The highest BCUT2D eigenvalue weighted by molar-refractivity contribution is 7.09. The Balaban J connectivity index is 2.20. The molecule has 0 bridgehead atoms. The summed E-state index contributed by atoms with van der Waals surface area (Å²) in [7, 11) is 0. The van der Waals surface area contributed by atoms with Crippen molar-refractivity contribution in [1.82, 2.24) is 4.98 Å². The van der Waals surface area contributed by atoms with Crippen LogP contribution in [0, 0.1) is 12.7 Å². The third-order valence-corrected chi connectivity index (χ3v) is 3.98. The molecule has 2 nitrogen and oxygen atoms in total. The Kier molecular flexibility index (Phi) is 4.04. The van der Waals surface area contributed by atoms with E-state index in [4.69, 9.17) is 0 Å². The average molecular weight is 291 g/mol. The number of aryl methyl sites for hydroxylation is 1. The Bertz CT molecular complexity index is 640. The summed E-state index contributed by atoms with van der Waals surface area (Å²) in [6.45, 7) is 8.08. The van der Waals surface area contributed by atoms with Gasteiger partial charge in [0.1, 0.15) is 10.8 Å². The summed E-state index contributed by atoms with van der Waals surface area (Å²) < 4.78 is 13.2. The van der Waals surface area contributed by atoms with Gasteiger partial charge in [-0.2, -0.15) is 0 Å². The molecule has 2 rings (SSSR count). The summed E-state index contributed by atoms with van der Waals surface area (Å²) in [4.78, 5) is 16.7. The van der Waals surface area contributed by atoms with Gasteiger partial charge in [-0.1, -0.05) is 26.8 Å². The second-order valence-corrected chi connectivity index (χ2v) is 6.88. The fourth-order valence-corrected chi connectivity index (χ4v) is 2.88. The molecule has 0 saturated heterocycles. The number of hydrogen-bond donors (Lipinski definition) is 0. The number of thiazole rings is 1. The summed E-state index contributed by atoms with van der Waals surface area (Å²) in [5.41, 5.74) is 2.20. The lowest BCUT2D eigenvalue weighted by Gasteiger charge is -2.14. The van der Waals surface area contributed by atoms with Crippen LogP contribution in [0.4, 0.5) is 4.39 Å². The largest absolute Gasteiger partial charge is 0.294 e. The number of aromatic nitrogens is 1. The van der Waals surface area contributed by atoms with Crippen molar-refractivity contribution in [3.05, 3.63) is 51.2 Å². The number of nitrogens with zero attached hydrogens (tertiary/aromatic N) is 1. The zero-order valence-electron chi connectivity index (χ0n) is 12.2. The van der Waals surface area contributed by atoms with Gasteiger partial charge in [0, 0.05) is 16.4 Å². The summed E-state index contributed by atoms with van der Waals surface area (Å²) in [5, 5.41) is 2.77. The van der Waals surface area contributed by atoms with Crippen LogP contribution in [-0.2, 0) is 11.8 Å². The normalized spacial score (nSPS) is 11.7. The predicted molar refractivity (Wildman–Crippen MR) is 80.0 cm³/mol. The summed E-state index contributed by atoms with van der Waals surface area (Å²) in [5.74, 6) is -0.467. The minimum Gasteiger partial charge on any atom is -0.294 e. The van der Waals surface area contributed by atoms with E-state index >= 15 is 0 Å². The molecule has 1 aromatic heterocycles. The van der Waals surface area contributed by atoms with Gasteiger partial charge < -0.3 is 0 Å². The maximum absolute atomic E-state index is 13.2. The van der Waals surface area contributed by atoms with Gasteiger partial charge in [0.2, 0.25) is 0 Å². The number of benzene rings is 1. The number of rotatable bonds is 3. The SMILES string of the molecule is Cc1ccc(F)cc1C(=O)Cc1nc(C(C)(C)C)cs1. The number of carbonyl (C=O) groups is 1. The molecule has 0 aliphatic carbocycles. The molecule has 0 aliphatic rings. The highest BCUT2D eigenvalue weighted by Crippen LogP contribution is 2.24. The lowest BCUT2D eigenvalue weighted by atomic mass is 9.93. The predicted octanol–water partition coefficient (Wildman–Crippen LogP) is 4.31. The molecule has 0 N–H and O–H groups in total. The van der Waals surface area contributed by atoms with Gasteiger partial charge >= 0.3 is 0 Å². The van der Waals surface area contributed by atoms with Gasteiger partial charge in [0.25, 0.3) is 0 Å². The van der Waals surface area contributed by atoms with Gasteiger partial charge in [-0.3, -0.25) is 4.79 Å². The molecule has 0 unspecified atom stereocenters. The van der Waals surface area contributed by atoms with Gasteiger partial charge in [-0.05, 0) is 24.6 Å². The molecule has 106 valence electrons. The molecule has 20 heavy (non-hydrogen) atoms. The first-order valence-corrected chi connectivity index (χ1v) is 7.39. The second-order valence-electron chi connectivity index (χ2n) is 5.94. The number of ketones is 1. The molecule has 2 aromatic rings. The zero-order chi connectivity index (χ0) is 14.9. The van der Waals surface area contributed by atoms with Crippen molar-refractivity contribution in [2.24, 2.45) is 0 Å². The third-order valence-electron chi connectivity index (χ3n) is 3.13. The van der Waals surface area contributed by atoms with E-state index in [1.807, 2.05) is 12.3 Å². The molecular weight excluding hydrogens is 273 g/mol. The van der Waals surface area contributed by atoms with Crippen LogP contribution < -0.4 is 0 Å². The van der Waals surface area contributed by atoms with Crippen LogP contribution in [0.15, 0.2) is 23.6 Å². The summed E-state index contributed by atoms with van der Waals surface area (Å²) >= 11 is 1.48. The summed E-state index contributed by atoms with van der Waals surface area (Å²) in [6, 6.07) is 4.30. The quantitative estimate of drug-likeness (QED) is 0.789. The molecule has 0 fully saturated rings. The smallest absolute Gasteiger partial charge is 0.170 e. The molecule has 4 heteroatoms. The van der Waals surface area contributed by atoms with Gasteiger partial charge in [0.05, 0.1) is 12.1 Å². The average Bonchev–Trinajstić information content (AvgIpc) is 2.80. The van der Waals surface area contributed by atoms with E-state index in [-0.39, 0.29) is 23.4 Å². The minimum atomic E-state index is -0.381. The molecule has 0 amide bonds. The molecule has 1 heterocycles. The van der Waals surface area contributed by atoms with Gasteiger partial charge in [-0.15, -0.1) is 11.3 Å². The van der Waals surface area contributed by atoms with E-state index in [1.54, 1.807) is 6.07 Å². The van der Waals surface area contributed by atoms with Crippen LogP contribution in [-0.4, -0.2) is 10.8 Å². The van der Waals surface area contributed by atoms with E-state index in [0.717, 1.165) is 16.3 Å². The number of hydrogen-bond acceptors (Lipinski definition) is 3. The maximum atomic E-state index is 13.2. The Morgan fingerprint density at radius 3 is 2.65 bits per heavy atom. The van der Waals surface area contributed by atoms with E-state index in [1.165, 1.54) is 23.5 Å². The molecule has 0 radical (unpaired) electrons. The highest BCUT2D eigenvalue weighted by atomic mass is 32.1. The minimum absolute atomic E-state index is 0.0213. The van der Waals surface area contributed by atoms with Crippen molar-refractivity contribution < 1.29 is 9.18 Å². The van der Waals surface area contributed by atoms with Crippen molar-refractivity contribution in [2.45, 2.75) is 39.5 Å². The Labute approximate surface area is 122 Å². The molecule has 0 saturated carbocycles. The fourth-order valence-electron chi connectivity index (χ4n) is 1.86. The van der Waals surface area contributed by atoms with E-state index in [0.29, 0.717) is 5.56 Å². The van der Waals surface area contributed by atoms with Crippen LogP contribution in [0.3, 0.4) is 0 Å². The van der Waals surface area contributed by atoms with Crippen LogP contribution in [0.5, 0.6) is 0 Å². The Morgan fingerprint density at radius 1 is 1.35 bits per heavy atom. The second kappa shape index (κ2) is 5.44. The lowest BCUT2D eigenvalue weighted by molar-refractivity contribution is 0.0992. The Hall–Kier alpha value is -1.55. The third kappa shape index (κ3) is 3.31. The molecular formula is C16H18FNOS. The molecule has 1 aromatic carbocycles.